The van der Waals surface area contributed by atoms with Crippen LogP contribution in [0.1, 0.15) is 32.7 Å². The van der Waals surface area contributed by atoms with Gasteiger partial charge in [-0.05, 0) is 36.1 Å². The van der Waals surface area contributed by atoms with E-state index in [-0.39, 0.29) is 24.2 Å². The van der Waals surface area contributed by atoms with Crippen LogP contribution < -0.4 is 10.0 Å². The molecule has 1 heterocycles. The minimum absolute atomic E-state index is 0.0725. The number of rotatable bonds is 11. The molecule has 3 aromatic rings. The van der Waals surface area contributed by atoms with Gasteiger partial charge in [-0.3, -0.25) is 18.9 Å². The molecule has 0 radical (unpaired) electrons. The van der Waals surface area contributed by atoms with Gasteiger partial charge in [0.1, 0.15) is 10.9 Å². The van der Waals surface area contributed by atoms with Crippen LogP contribution in [0.25, 0.3) is 0 Å². The van der Waals surface area contributed by atoms with Crippen molar-refractivity contribution in [2.45, 2.75) is 18.9 Å². The second-order valence-corrected chi connectivity index (χ2v) is 9.91. The summed E-state index contributed by atoms with van der Waals surface area (Å²) in [6.45, 7) is 0. The molecule has 2 atom stereocenters. The summed E-state index contributed by atoms with van der Waals surface area (Å²) in [6, 6.07) is 14.4. The van der Waals surface area contributed by atoms with E-state index in [4.69, 9.17) is 14.0 Å². The highest BCUT2D eigenvalue weighted by Crippen LogP contribution is 2.25. The zero-order valence-electron chi connectivity index (χ0n) is 19.9. The number of methoxy groups -OCH3 is 2. The Kier molecular flexibility index (Phi) is 9.33. The number of thiazole rings is 1. The van der Waals surface area contributed by atoms with Crippen molar-refractivity contribution in [2.75, 3.05) is 18.9 Å². The van der Waals surface area contributed by atoms with E-state index >= 15 is 0 Å². The predicted octanol–water partition coefficient (Wildman–Crippen LogP) is 2.58. The number of hydrogen-bond acceptors (Lipinski definition) is 9. The Morgan fingerprint density at radius 2 is 1.62 bits per heavy atom. The number of anilines is 1. The number of hydrogen-bond donors (Lipinski definition) is 3. The molecule has 37 heavy (non-hydrogen) atoms. The summed E-state index contributed by atoms with van der Waals surface area (Å²) in [5, 5.41) is 4.75. The van der Waals surface area contributed by atoms with Gasteiger partial charge in [-0.2, -0.15) is 8.42 Å². The average Bonchev–Trinajstić information content (AvgIpc) is 3.37. The number of carbonyl (C=O) groups is 3. The maximum Gasteiger partial charge on any atom is 0.357 e. The summed E-state index contributed by atoms with van der Waals surface area (Å²) in [6.07, 6.45) is 0.318. The van der Waals surface area contributed by atoms with Gasteiger partial charge >= 0.3 is 22.2 Å². The van der Waals surface area contributed by atoms with E-state index in [0.29, 0.717) is 10.6 Å². The van der Waals surface area contributed by atoms with E-state index in [1.807, 2.05) is 10.8 Å². The Bertz CT molecular complexity index is 1340. The highest BCUT2D eigenvalue weighted by Gasteiger charge is 2.31. The summed E-state index contributed by atoms with van der Waals surface area (Å²) < 4.78 is 42.6. The fourth-order valence-electron chi connectivity index (χ4n) is 3.49. The first kappa shape index (κ1) is 27.8. The molecular weight excluding hydrogens is 522 g/mol. The van der Waals surface area contributed by atoms with E-state index in [2.05, 4.69) is 10.3 Å². The first-order valence-electron chi connectivity index (χ1n) is 10.9. The third kappa shape index (κ3) is 8.10. The largest absolute Gasteiger partial charge is 0.468 e. The van der Waals surface area contributed by atoms with Gasteiger partial charge in [-0.25, -0.2) is 9.78 Å². The van der Waals surface area contributed by atoms with Crippen LogP contribution in [0.3, 0.4) is 0 Å². The number of aromatic nitrogens is 1. The fourth-order valence-corrected chi connectivity index (χ4v) is 4.76. The Morgan fingerprint density at radius 3 is 2.22 bits per heavy atom. The number of nitrogens with zero attached hydrogens (tertiary/aromatic N) is 1. The molecule has 0 spiro atoms. The molecule has 1 amide bonds. The molecule has 0 bridgehead atoms. The lowest BCUT2D eigenvalue weighted by Gasteiger charge is -2.21. The molecule has 3 N–H and O–H groups in total. The van der Waals surface area contributed by atoms with Gasteiger partial charge in [0.15, 0.2) is 5.69 Å². The van der Waals surface area contributed by atoms with Gasteiger partial charge in [0.05, 0.1) is 25.9 Å². The molecule has 3 rings (SSSR count). The Hall–Kier alpha value is -3.81. The number of benzene rings is 2. The average molecular weight is 548 g/mol. The SMILES string of the molecule is COC(=O)c1csc([C@H](Cc2ccc(NS(=O)(=O)O)cc2)NC(=O)[C@H](Cc2ccccc2)C(=O)OC)n1. The van der Waals surface area contributed by atoms with Crippen LogP contribution >= 0.6 is 11.3 Å². The van der Waals surface area contributed by atoms with Crippen molar-refractivity contribution < 1.29 is 36.8 Å². The first-order chi connectivity index (χ1) is 17.6. The molecule has 0 aliphatic rings. The van der Waals surface area contributed by atoms with E-state index in [1.165, 1.54) is 31.7 Å². The topological polar surface area (TPSA) is 161 Å². The van der Waals surface area contributed by atoms with Crippen molar-refractivity contribution in [1.29, 1.82) is 0 Å². The molecule has 0 saturated carbocycles. The van der Waals surface area contributed by atoms with Gasteiger partial charge in [-0.1, -0.05) is 42.5 Å². The van der Waals surface area contributed by atoms with E-state index < -0.39 is 40.1 Å². The highest BCUT2D eigenvalue weighted by molar-refractivity contribution is 7.87. The lowest BCUT2D eigenvalue weighted by Crippen LogP contribution is -2.40. The smallest absolute Gasteiger partial charge is 0.357 e. The quantitative estimate of drug-likeness (QED) is 0.186. The van der Waals surface area contributed by atoms with Gasteiger partial charge in [-0.15, -0.1) is 11.3 Å². The van der Waals surface area contributed by atoms with Gasteiger partial charge < -0.3 is 14.8 Å². The zero-order valence-corrected chi connectivity index (χ0v) is 21.5. The fraction of sp³-hybridized carbons (Fsp3) is 0.250. The Balaban J connectivity index is 1.87. The normalized spacial score (nSPS) is 12.7. The molecule has 1 aromatic heterocycles. The van der Waals surface area contributed by atoms with E-state index in [0.717, 1.165) is 16.9 Å². The minimum atomic E-state index is -4.43. The van der Waals surface area contributed by atoms with Gasteiger partial charge in [0.25, 0.3) is 0 Å². The standard InChI is InChI=1S/C24H25N3O8S2/c1-34-23(29)18(12-15-6-4-3-5-7-15)21(28)25-19(22-26-20(14-36-22)24(30)35-2)13-16-8-10-17(11-9-16)27-37(31,32)33/h3-11,14,18-19,27H,12-13H2,1-2H3,(H,25,28)(H,31,32,33)/t18-,19-/m0/s1. The van der Waals surface area contributed by atoms with Crippen molar-refractivity contribution in [3.63, 3.8) is 0 Å². The number of carbonyl (C=O) groups excluding carboxylic acids is 3. The number of ether oxygens (including phenoxy) is 2. The van der Waals surface area contributed by atoms with Gasteiger partial charge in [0.2, 0.25) is 5.91 Å². The monoisotopic (exact) mass is 547 g/mol. The summed E-state index contributed by atoms with van der Waals surface area (Å²) in [4.78, 5) is 42.0. The number of amides is 1. The van der Waals surface area contributed by atoms with Crippen LogP contribution in [0.2, 0.25) is 0 Å². The lowest BCUT2D eigenvalue weighted by molar-refractivity contribution is -0.150. The summed E-state index contributed by atoms with van der Waals surface area (Å²) in [5.41, 5.74) is 1.67. The molecule has 13 heteroatoms. The Labute approximate surface area is 217 Å². The molecular formula is C24H25N3O8S2. The third-order valence-electron chi connectivity index (χ3n) is 5.26. The zero-order chi connectivity index (χ0) is 27.0. The first-order valence-corrected chi connectivity index (χ1v) is 13.2. The molecule has 0 aliphatic carbocycles. The highest BCUT2D eigenvalue weighted by atomic mass is 32.2. The molecule has 0 saturated heterocycles. The molecule has 11 nitrogen and oxygen atoms in total. The van der Waals surface area contributed by atoms with E-state index in [1.54, 1.807) is 36.4 Å². The number of esters is 2. The maximum atomic E-state index is 13.3. The molecule has 0 aliphatic heterocycles. The van der Waals surface area contributed by atoms with Crippen LogP contribution in [0.4, 0.5) is 5.69 Å². The summed E-state index contributed by atoms with van der Waals surface area (Å²) in [7, 11) is -1.99. The van der Waals surface area contributed by atoms with Gasteiger partial charge in [0, 0.05) is 5.38 Å². The third-order valence-corrected chi connectivity index (χ3v) is 6.71. The van der Waals surface area contributed by atoms with Crippen molar-refractivity contribution in [3.05, 3.63) is 81.8 Å². The summed E-state index contributed by atoms with van der Waals surface area (Å²) in [5.74, 6) is -3.05. The van der Waals surface area contributed by atoms with Crippen LogP contribution in [0, 0.1) is 5.92 Å². The number of nitrogens with one attached hydrogen (secondary N) is 2. The van der Waals surface area contributed by atoms with Crippen LogP contribution in [-0.4, -0.2) is 50.0 Å². The summed E-state index contributed by atoms with van der Waals surface area (Å²) >= 11 is 1.14. The van der Waals surface area contributed by atoms with Crippen molar-refractivity contribution in [1.82, 2.24) is 10.3 Å². The second kappa shape index (κ2) is 12.4. The van der Waals surface area contributed by atoms with Crippen LogP contribution in [-0.2, 0) is 42.2 Å². The van der Waals surface area contributed by atoms with Crippen LogP contribution in [0.5, 0.6) is 0 Å². The second-order valence-electron chi connectivity index (χ2n) is 7.87. The molecule has 0 fully saturated rings. The molecule has 0 unspecified atom stereocenters. The maximum absolute atomic E-state index is 13.3. The van der Waals surface area contributed by atoms with E-state index in [9.17, 15) is 22.8 Å². The molecule has 2 aromatic carbocycles. The Morgan fingerprint density at radius 1 is 0.973 bits per heavy atom. The minimum Gasteiger partial charge on any atom is -0.468 e. The predicted molar refractivity (Wildman–Crippen MR) is 135 cm³/mol. The van der Waals surface area contributed by atoms with Crippen molar-refractivity contribution in [2.24, 2.45) is 5.92 Å². The van der Waals surface area contributed by atoms with Crippen molar-refractivity contribution >= 4 is 45.2 Å². The van der Waals surface area contributed by atoms with Crippen LogP contribution in [0.15, 0.2) is 60.0 Å². The molecule has 196 valence electrons. The lowest BCUT2D eigenvalue weighted by atomic mass is 9.97. The van der Waals surface area contributed by atoms with Crippen molar-refractivity contribution in [3.8, 4) is 0 Å².